The number of nitrogens with zero attached hydrogens (tertiary/aromatic N) is 1. The zero-order chi connectivity index (χ0) is 13.8. The summed E-state index contributed by atoms with van der Waals surface area (Å²) in [6.07, 6.45) is 1.04. The van der Waals surface area contributed by atoms with Crippen LogP contribution in [0.2, 0.25) is 0 Å². The molecular weight excluding hydrogens is 242 g/mol. The van der Waals surface area contributed by atoms with Gasteiger partial charge in [-0.15, -0.1) is 0 Å². The van der Waals surface area contributed by atoms with Crippen LogP contribution in [0.5, 0.6) is 0 Å². The summed E-state index contributed by atoms with van der Waals surface area (Å²) >= 11 is 0. The van der Waals surface area contributed by atoms with E-state index in [1.54, 1.807) is 13.8 Å². The number of carbonyl (C=O) groups is 1. The summed E-state index contributed by atoms with van der Waals surface area (Å²) in [4.78, 5) is 14.8. The van der Waals surface area contributed by atoms with Crippen molar-refractivity contribution >= 4 is 5.91 Å². The molecule has 1 N–H and O–H groups in total. The lowest BCUT2D eigenvalue weighted by molar-refractivity contribution is -0.00818. The molecule has 1 amide bonds. The van der Waals surface area contributed by atoms with Crippen molar-refractivity contribution < 1.29 is 18.3 Å². The van der Waals surface area contributed by atoms with Crippen LogP contribution in [0.15, 0.2) is 12.3 Å². The summed E-state index contributed by atoms with van der Waals surface area (Å²) in [5, 5.41) is 2.49. The number of ether oxygens (including phenoxy) is 1. The Hall–Kier alpha value is -1.56. The highest BCUT2D eigenvalue weighted by Gasteiger charge is 2.21. The van der Waals surface area contributed by atoms with Crippen LogP contribution in [0.3, 0.4) is 0 Å². The number of nitrogens with one attached hydrogen (secondary N) is 1. The molecule has 0 aliphatic rings. The van der Waals surface area contributed by atoms with E-state index in [4.69, 9.17) is 4.74 Å². The Balaban J connectivity index is 2.69. The van der Waals surface area contributed by atoms with E-state index in [1.807, 2.05) is 6.92 Å². The maximum absolute atomic E-state index is 13.3. The summed E-state index contributed by atoms with van der Waals surface area (Å²) in [6.45, 7) is 6.12. The first-order valence-electron chi connectivity index (χ1n) is 5.59. The summed E-state index contributed by atoms with van der Waals surface area (Å²) in [6, 6.07) is 1.13. The van der Waals surface area contributed by atoms with Gasteiger partial charge in [-0.2, -0.15) is 4.39 Å². The molecule has 0 saturated heterocycles. The van der Waals surface area contributed by atoms with Crippen molar-refractivity contribution in [2.45, 2.75) is 26.4 Å². The van der Waals surface area contributed by atoms with Crippen molar-refractivity contribution in [3.8, 4) is 0 Å². The number of halogens is 2. The normalized spacial score (nSPS) is 11.4. The van der Waals surface area contributed by atoms with E-state index in [1.165, 1.54) is 0 Å². The zero-order valence-electron chi connectivity index (χ0n) is 10.6. The third-order valence-electron chi connectivity index (χ3n) is 2.30. The average molecular weight is 258 g/mol. The standard InChI is InChI=1S/C12H16F2N2O2/c1-4-18-12(2,3)7-16-11(17)8-5-6-15-10(14)9(8)13/h5-6H,4,7H2,1-3H3,(H,16,17). The van der Waals surface area contributed by atoms with E-state index in [-0.39, 0.29) is 12.1 Å². The number of pyridine rings is 1. The Morgan fingerprint density at radius 1 is 1.50 bits per heavy atom. The second kappa shape index (κ2) is 5.86. The second-order valence-corrected chi connectivity index (χ2v) is 4.34. The van der Waals surface area contributed by atoms with E-state index in [9.17, 15) is 13.6 Å². The van der Waals surface area contributed by atoms with Crippen molar-refractivity contribution in [1.29, 1.82) is 0 Å². The lowest BCUT2D eigenvalue weighted by atomic mass is 10.1. The zero-order valence-corrected chi connectivity index (χ0v) is 10.6. The molecule has 6 heteroatoms. The molecule has 4 nitrogen and oxygen atoms in total. The van der Waals surface area contributed by atoms with Crippen molar-refractivity contribution in [1.82, 2.24) is 10.3 Å². The monoisotopic (exact) mass is 258 g/mol. The van der Waals surface area contributed by atoms with E-state index in [2.05, 4.69) is 10.3 Å². The summed E-state index contributed by atoms with van der Waals surface area (Å²) in [5.41, 5.74) is -0.929. The van der Waals surface area contributed by atoms with Crippen molar-refractivity contribution in [2.24, 2.45) is 0 Å². The lowest BCUT2D eigenvalue weighted by Crippen LogP contribution is -2.40. The number of hydrogen-bond acceptors (Lipinski definition) is 3. The Bertz CT molecular complexity index is 436. The maximum Gasteiger partial charge on any atom is 0.254 e. The predicted molar refractivity (Wildman–Crippen MR) is 62.2 cm³/mol. The minimum atomic E-state index is -1.29. The highest BCUT2D eigenvalue weighted by Crippen LogP contribution is 2.10. The van der Waals surface area contributed by atoms with Crippen LogP contribution >= 0.6 is 0 Å². The largest absolute Gasteiger partial charge is 0.374 e. The van der Waals surface area contributed by atoms with Gasteiger partial charge >= 0.3 is 0 Å². The number of amides is 1. The minimum absolute atomic E-state index is 0.197. The number of carbonyl (C=O) groups excluding carboxylic acids is 1. The Morgan fingerprint density at radius 3 is 2.78 bits per heavy atom. The molecule has 100 valence electrons. The maximum atomic E-state index is 13.3. The summed E-state index contributed by atoms with van der Waals surface area (Å²) in [7, 11) is 0. The molecule has 1 rings (SSSR count). The third-order valence-corrected chi connectivity index (χ3v) is 2.30. The van der Waals surface area contributed by atoms with E-state index in [0.29, 0.717) is 6.61 Å². The van der Waals surface area contributed by atoms with E-state index >= 15 is 0 Å². The molecule has 0 aliphatic carbocycles. The molecule has 0 spiro atoms. The molecule has 0 atom stereocenters. The van der Waals surface area contributed by atoms with Gasteiger partial charge in [-0.1, -0.05) is 0 Å². The molecular formula is C12H16F2N2O2. The number of rotatable bonds is 5. The molecule has 0 radical (unpaired) electrons. The van der Waals surface area contributed by atoms with Crippen LogP contribution < -0.4 is 5.32 Å². The molecule has 0 unspecified atom stereocenters. The molecule has 0 saturated carbocycles. The fourth-order valence-corrected chi connectivity index (χ4v) is 1.42. The highest BCUT2D eigenvalue weighted by molar-refractivity contribution is 5.94. The number of hydrogen-bond donors (Lipinski definition) is 1. The molecule has 18 heavy (non-hydrogen) atoms. The molecule has 0 aliphatic heterocycles. The SMILES string of the molecule is CCOC(C)(C)CNC(=O)c1ccnc(F)c1F. The van der Waals surface area contributed by atoms with Gasteiger partial charge in [0.25, 0.3) is 5.91 Å². The van der Waals surface area contributed by atoms with Gasteiger partial charge in [-0.05, 0) is 26.8 Å². The molecule has 1 aromatic rings. The van der Waals surface area contributed by atoms with Crippen LogP contribution in [0.4, 0.5) is 8.78 Å². The quantitative estimate of drug-likeness (QED) is 0.821. The van der Waals surface area contributed by atoms with Crippen LogP contribution in [0.25, 0.3) is 0 Å². The molecule has 1 heterocycles. The van der Waals surface area contributed by atoms with E-state index in [0.717, 1.165) is 12.3 Å². The Kier molecular flexibility index (Phi) is 4.72. The second-order valence-electron chi connectivity index (χ2n) is 4.34. The van der Waals surface area contributed by atoms with E-state index < -0.39 is 23.3 Å². The lowest BCUT2D eigenvalue weighted by Gasteiger charge is -2.24. The Morgan fingerprint density at radius 2 is 2.17 bits per heavy atom. The smallest absolute Gasteiger partial charge is 0.254 e. The first-order chi connectivity index (χ1) is 8.37. The fraction of sp³-hybridized carbons (Fsp3) is 0.500. The molecule has 0 fully saturated rings. The Labute approximate surface area is 104 Å². The van der Waals surface area contributed by atoms with Crippen molar-refractivity contribution in [2.75, 3.05) is 13.2 Å². The van der Waals surface area contributed by atoms with Crippen LogP contribution in [0, 0.1) is 11.8 Å². The average Bonchev–Trinajstić information content (AvgIpc) is 2.30. The van der Waals surface area contributed by atoms with Gasteiger partial charge in [-0.3, -0.25) is 4.79 Å². The first kappa shape index (κ1) is 14.5. The van der Waals surface area contributed by atoms with Gasteiger partial charge in [0.1, 0.15) is 0 Å². The third kappa shape index (κ3) is 3.73. The van der Waals surface area contributed by atoms with Gasteiger partial charge in [0.2, 0.25) is 5.95 Å². The molecule has 1 aromatic heterocycles. The predicted octanol–water partition coefficient (Wildman–Crippen LogP) is 1.90. The van der Waals surface area contributed by atoms with Gasteiger partial charge in [0.05, 0.1) is 11.2 Å². The van der Waals surface area contributed by atoms with Gasteiger partial charge in [0.15, 0.2) is 5.82 Å². The first-order valence-corrected chi connectivity index (χ1v) is 5.59. The molecule has 0 bridgehead atoms. The minimum Gasteiger partial charge on any atom is -0.374 e. The summed E-state index contributed by atoms with van der Waals surface area (Å²) in [5.74, 6) is -3.22. The number of aromatic nitrogens is 1. The van der Waals surface area contributed by atoms with Crippen molar-refractivity contribution in [3.05, 3.63) is 29.6 Å². The molecule has 0 aromatic carbocycles. The van der Waals surface area contributed by atoms with Gasteiger partial charge in [0, 0.05) is 19.3 Å². The summed E-state index contributed by atoms with van der Waals surface area (Å²) < 4.78 is 31.5. The van der Waals surface area contributed by atoms with Gasteiger partial charge < -0.3 is 10.1 Å². The van der Waals surface area contributed by atoms with Gasteiger partial charge in [-0.25, -0.2) is 9.37 Å². The fourth-order valence-electron chi connectivity index (χ4n) is 1.42. The van der Waals surface area contributed by atoms with Crippen LogP contribution in [-0.4, -0.2) is 29.6 Å². The highest BCUT2D eigenvalue weighted by atomic mass is 19.2. The van der Waals surface area contributed by atoms with Crippen molar-refractivity contribution in [3.63, 3.8) is 0 Å². The van der Waals surface area contributed by atoms with Crippen LogP contribution in [-0.2, 0) is 4.74 Å². The topological polar surface area (TPSA) is 51.2 Å². The van der Waals surface area contributed by atoms with Crippen LogP contribution in [0.1, 0.15) is 31.1 Å².